The molecule has 0 saturated carbocycles. The van der Waals surface area contributed by atoms with Crippen LogP contribution in [0.2, 0.25) is 0 Å². The smallest absolute Gasteiger partial charge is 0.160 e. The predicted molar refractivity (Wildman–Crippen MR) is 594 cm³/mol. The fourth-order valence-electron chi connectivity index (χ4n) is 22.6. The normalized spacial score (nSPS) is 11.8. The summed E-state index contributed by atoms with van der Waals surface area (Å²) in [5, 5.41) is 20.7. The van der Waals surface area contributed by atoms with Crippen molar-refractivity contribution in [1.29, 1.82) is 0 Å². The van der Waals surface area contributed by atoms with Crippen LogP contribution in [-0.2, 0) is 0 Å². The van der Waals surface area contributed by atoms with E-state index in [1.165, 1.54) is 159 Å². The Morgan fingerprint density at radius 2 is 0.408 bits per heavy atom. The molecule has 0 unspecified atom stereocenters. The van der Waals surface area contributed by atoms with Crippen LogP contribution in [0.5, 0.6) is 0 Å². The molecular formula is C132H84N10. The molecule has 0 radical (unpaired) electrons. The lowest BCUT2D eigenvalue weighted by atomic mass is 9.99. The largest absolute Gasteiger partial charge is 0.309 e. The van der Waals surface area contributed by atoms with Crippen LogP contribution in [0.1, 0.15) is 0 Å². The third kappa shape index (κ3) is 13.1. The average Bonchev–Trinajstić information content (AvgIpc) is 1.55. The minimum Gasteiger partial charge on any atom is -0.309 e. The number of fused-ring (bicyclic) bond motifs is 28. The Labute approximate surface area is 815 Å². The van der Waals surface area contributed by atoms with E-state index in [-0.39, 0.29) is 0 Å². The molecule has 0 spiro atoms. The molecule has 8 aromatic heterocycles. The van der Waals surface area contributed by atoms with E-state index < -0.39 is 0 Å². The lowest BCUT2D eigenvalue weighted by Gasteiger charge is -2.11. The van der Waals surface area contributed by atoms with Gasteiger partial charge in [0.2, 0.25) is 0 Å². The first-order valence-corrected chi connectivity index (χ1v) is 48.4. The van der Waals surface area contributed by atoms with Gasteiger partial charge in [0, 0.05) is 132 Å². The summed E-state index contributed by atoms with van der Waals surface area (Å²) < 4.78 is 14.4. The predicted octanol–water partition coefficient (Wildman–Crippen LogP) is 34.2. The van der Waals surface area contributed by atoms with Crippen molar-refractivity contribution in [3.63, 3.8) is 0 Å². The van der Waals surface area contributed by atoms with Crippen LogP contribution in [0.25, 0.3) is 265 Å². The fourth-order valence-corrected chi connectivity index (χ4v) is 22.6. The van der Waals surface area contributed by atoms with E-state index >= 15 is 0 Å². The second-order valence-electron chi connectivity index (χ2n) is 36.6. The van der Waals surface area contributed by atoms with Gasteiger partial charge in [0.1, 0.15) is 0 Å². The lowest BCUT2D eigenvalue weighted by molar-refractivity contribution is 1.17. The van der Waals surface area contributed by atoms with E-state index in [1.54, 1.807) is 0 Å². The van der Waals surface area contributed by atoms with Crippen molar-refractivity contribution in [3.05, 3.63) is 510 Å². The Balaban J connectivity index is 0.000000104. The lowest BCUT2D eigenvalue weighted by Crippen LogP contribution is -1.96. The molecule has 10 nitrogen and oxygen atoms in total. The van der Waals surface area contributed by atoms with Crippen molar-refractivity contribution in [1.82, 2.24) is 47.3 Å². The van der Waals surface area contributed by atoms with Gasteiger partial charge in [0.25, 0.3) is 0 Å². The van der Waals surface area contributed by atoms with Gasteiger partial charge in [-0.25, -0.2) is 15.0 Å². The second kappa shape index (κ2) is 33.4. The monoisotopic (exact) mass is 1810 g/mol. The summed E-state index contributed by atoms with van der Waals surface area (Å²) >= 11 is 0. The third-order valence-electron chi connectivity index (χ3n) is 28.7. The van der Waals surface area contributed by atoms with Crippen molar-refractivity contribution >= 4 is 174 Å². The highest BCUT2D eigenvalue weighted by Gasteiger charge is 2.28. The van der Waals surface area contributed by atoms with Crippen molar-refractivity contribution in [2.24, 2.45) is 0 Å². The number of benzene rings is 22. The molecule has 8 heterocycles. The Kier molecular flexibility index (Phi) is 19.1. The van der Waals surface area contributed by atoms with E-state index in [2.05, 4.69) is 519 Å². The van der Waals surface area contributed by atoms with Crippen molar-refractivity contribution in [3.8, 4) is 90.3 Å². The van der Waals surface area contributed by atoms with Crippen LogP contribution >= 0.6 is 0 Å². The fraction of sp³-hybridized carbons (Fsp3) is 0. The van der Waals surface area contributed by atoms with Gasteiger partial charge < -0.3 is 27.4 Å². The van der Waals surface area contributed by atoms with Crippen LogP contribution in [0.4, 0.5) is 0 Å². The van der Waals surface area contributed by atoms with E-state index in [1.807, 2.05) is 18.3 Å². The molecule has 0 atom stereocenters. The SMILES string of the molecule is c1ccc(-c2ccc(-c3ccc4c5c6c7ccccc7n(-c7ccccc7)c6ccc5n(-c5ccccc5)c4c3)cc2)cc1.c1ccc(-c2nc(-c3ccc4c5c6c7ccccc7n(-c7ccccc7)c6ccc5n(-c5ccccc5)c4c3)nc3ccccc23)cc1.c1ccc(-n2c3ccccc3c3c4c5ccc(-c6cnc7c8ccccc8c8ccccc8c7n6)cc5n(-c5ccccc5)c4ccc32)cc1. The van der Waals surface area contributed by atoms with Crippen LogP contribution in [-0.4, -0.2) is 47.3 Å². The summed E-state index contributed by atoms with van der Waals surface area (Å²) in [6, 6.07) is 180. The molecule has 0 saturated heterocycles. The minimum atomic E-state index is 0.713. The molecule has 30 rings (SSSR count). The Morgan fingerprint density at radius 1 is 0.148 bits per heavy atom. The third-order valence-corrected chi connectivity index (χ3v) is 28.7. The topological polar surface area (TPSA) is 81.1 Å². The summed E-state index contributed by atoms with van der Waals surface area (Å²) in [5.41, 5.74) is 33.7. The van der Waals surface area contributed by atoms with Gasteiger partial charge in [-0.1, -0.05) is 352 Å². The van der Waals surface area contributed by atoms with Crippen LogP contribution < -0.4 is 0 Å². The van der Waals surface area contributed by atoms with Crippen molar-refractivity contribution in [2.45, 2.75) is 0 Å². The van der Waals surface area contributed by atoms with Gasteiger partial charge in [0.15, 0.2) is 5.82 Å². The number of nitrogens with zero attached hydrogens (tertiary/aromatic N) is 10. The van der Waals surface area contributed by atoms with Crippen LogP contribution in [0.3, 0.4) is 0 Å². The molecule has 0 N–H and O–H groups in total. The van der Waals surface area contributed by atoms with E-state index in [9.17, 15) is 0 Å². The zero-order valence-electron chi connectivity index (χ0n) is 77.0. The standard InChI is InChI=1S/C46H28N4.C44H28N4.C42H28N2/c1-3-13-30(14-4-1)49-39-22-12-11-21-36(39)43-40(49)25-26-41-44(43)37-24-23-29(27-42(37)50(41)31-15-5-2-6-16-31)38-28-47-45-34-19-9-7-17-32(34)33-18-8-10-20-35(33)46(45)48-38;1-4-14-29(15-5-1)43-33-20-10-12-22-36(33)45-44(46-43)30-24-25-35-40(28-30)48(32-18-8-3-9-19-32)39-27-26-38-41(42(35)39)34-21-11-13-23-37(34)47(38)31-16-6-2-7-17-31;1-4-12-29(13-5-1)30-20-22-31(23-21-30)32-24-25-36-40(28-32)44(34-16-8-3-9-17-34)39-27-26-38-41(42(36)39)35-18-10-11-19-37(35)43(38)33-14-6-2-7-15-33/h1-28H;1-28H;1-28H. The van der Waals surface area contributed by atoms with Gasteiger partial charge in [0.05, 0.1) is 100 Å². The Morgan fingerprint density at radius 3 is 0.796 bits per heavy atom. The van der Waals surface area contributed by atoms with Gasteiger partial charge in [-0.3, -0.25) is 4.98 Å². The number of aromatic nitrogens is 10. The van der Waals surface area contributed by atoms with Crippen molar-refractivity contribution in [2.75, 3.05) is 0 Å². The number of para-hydroxylation sites is 10. The van der Waals surface area contributed by atoms with Gasteiger partial charge in [-0.2, -0.15) is 0 Å². The maximum atomic E-state index is 5.34. The molecular weight excluding hydrogens is 1730 g/mol. The Bertz CT molecular complexity index is 10200. The first-order valence-electron chi connectivity index (χ1n) is 48.4. The highest BCUT2D eigenvalue weighted by atomic mass is 15.0. The summed E-state index contributed by atoms with van der Waals surface area (Å²) in [7, 11) is 0. The van der Waals surface area contributed by atoms with E-state index in [4.69, 9.17) is 19.9 Å². The second-order valence-corrected chi connectivity index (χ2v) is 36.6. The first kappa shape index (κ1) is 81.2. The van der Waals surface area contributed by atoms with Crippen molar-refractivity contribution < 1.29 is 0 Å². The van der Waals surface area contributed by atoms with Crippen LogP contribution in [0.15, 0.2) is 510 Å². The summed E-state index contributed by atoms with van der Waals surface area (Å²) in [5.74, 6) is 0.713. The van der Waals surface area contributed by atoms with Gasteiger partial charge in [-0.05, 0) is 185 Å². The summed E-state index contributed by atoms with van der Waals surface area (Å²) in [4.78, 5) is 20.7. The van der Waals surface area contributed by atoms with E-state index in [0.717, 1.165) is 100 Å². The molecule has 0 fully saturated rings. The summed E-state index contributed by atoms with van der Waals surface area (Å²) in [6.45, 7) is 0. The quantitative estimate of drug-likeness (QED) is 0.121. The maximum absolute atomic E-state index is 5.34. The average molecular weight is 1810 g/mol. The highest BCUT2D eigenvalue weighted by Crippen LogP contribution is 2.49. The molecule has 30 aromatic rings. The van der Waals surface area contributed by atoms with Crippen LogP contribution in [0, 0.1) is 0 Å². The Hall–Kier alpha value is -19.2. The molecule has 0 aliphatic carbocycles. The number of hydrogen-bond donors (Lipinski definition) is 0. The molecule has 0 aliphatic heterocycles. The van der Waals surface area contributed by atoms with Gasteiger partial charge >= 0.3 is 0 Å². The minimum absolute atomic E-state index is 0.713. The molecule has 22 aromatic carbocycles. The highest BCUT2D eigenvalue weighted by molar-refractivity contribution is 6.33. The van der Waals surface area contributed by atoms with E-state index in [0.29, 0.717) is 5.82 Å². The molecule has 142 heavy (non-hydrogen) atoms. The first-order chi connectivity index (χ1) is 70.5. The molecule has 0 bridgehead atoms. The molecule has 0 aliphatic rings. The molecule has 10 heteroatoms. The zero-order valence-corrected chi connectivity index (χ0v) is 77.0. The molecule has 662 valence electrons. The number of rotatable bonds is 11. The maximum Gasteiger partial charge on any atom is 0.160 e. The summed E-state index contributed by atoms with van der Waals surface area (Å²) in [6.07, 6.45) is 1.94. The zero-order chi connectivity index (χ0) is 93.4. The molecule has 0 amide bonds. The number of hydrogen-bond acceptors (Lipinski definition) is 4. The van der Waals surface area contributed by atoms with Gasteiger partial charge in [-0.15, -0.1) is 0 Å².